The van der Waals surface area contributed by atoms with Crippen molar-refractivity contribution < 1.29 is 9.47 Å². The van der Waals surface area contributed by atoms with Crippen molar-refractivity contribution in [3.05, 3.63) is 40.7 Å². The molecular formula is C18H27N5O2. The molecule has 7 nitrogen and oxygen atoms in total. The zero-order valence-corrected chi connectivity index (χ0v) is 15.8. The zero-order valence-electron chi connectivity index (χ0n) is 15.8. The van der Waals surface area contributed by atoms with Gasteiger partial charge in [0.25, 0.3) is 0 Å². The summed E-state index contributed by atoms with van der Waals surface area (Å²) in [7, 11) is 7.00. The second-order valence-corrected chi connectivity index (χ2v) is 5.73. The SMILES string of the molecule is CN=C(NCc1ccc(OC)cc1OC)NCc1c(C)nn(C)c1C. The highest BCUT2D eigenvalue weighted by Gasteiger charge is 2.10. The average Bonchev–Trinajstić information content (AvgIpc) is 2.87. The molecule has 0 saturated carbocycles. The van der Waals surface area contributed by atoms with E-state index in [-0.39, 0.29) is 0 Å². The molecule has 1 heterocycles. The van der Waals surface area contributed by atoms with E-state index in [1.165, 1.54) is 5.56 Å². The van der Waals surface area contributed by atoms with Crippen LogP contribution in [0.4, 0.5) is 0 Å². The molecule has 0 aliphatic rings. The van der Waals surface area contributed by atoms with Crippen LogP contribution in [0.3, 0.4) is 0 Å². The predicted molar refractivity (Wildman–Crippen MR) is 99.3 cm³/mol. The first-order valence-corrected chi connectivity index (χ1v) is 8.14. The molecule has 0 aliphatic carbocycles. The van der Waals surface area contributed by atoms with E-state index in [4.69, 9.17) is 9.47 Å². The number of hydrogen-bond donors (Lipinski definition) is 2. The van der Waals surface area contributed by atoms with E-state index in [0.717, 1.165) is 34.4 Å². The Kier molecular flexibility index (Phi) is 6.27. The van der Waals surface area contributed by atoms with Crippen molar-refractivity contribution in [2.75, 3.05) is 21.3 Å². The third-order valence-corrected chi connectivity index (χ3v) is 4.26. The number of nitrogens with one attached hydrogen (secondary N) is 2. The molecule has 2 N–H and O–H groups in total. The summed E-state index contributed by atoms with van der Waals surface area (Å²) in [6, 6.07) is 5.76. The molecule has 0 saturated heterocycles. The van der Waals surface area contributed by atoms with E-state index < -0.39 is 0 Å². The van der Waals surface area contributed by atoms with E-state index in [1.54, 1.807) is 21.3 Å². The number of aromatic nitrogens is 2. The lowest BCUT2D eigenvalue weighted by Crippen LogP contribution is -2.36. The molecule has 0 aliphatic heterocycles. The van der Waals surface area contributed by atoms with Crippen molar-refractivity contribution in [3.63, 3.8) is 0 Å². The second kappa shape index (κ2) is 8.41. The first-order chi connectivity index (χ1) is 12.0. The quantitative estimate of drug-likeness (QED) is 0.618. The lowest BCUT2D eigenvalue weighted by atomic mass is 10.2. The largest absolute Gasteiger partial charge is 0.497 e. The van der Waals surface area contributed by atoms with Gasteiger partial charge in [-0.2, -0.15) is 5.10 Å². The Morgan fingerprint density at radius 3 is 2.44 bits per heavy atom. The molecule has 0 atom stereocenters. The number of nitrogens with zero attached hydrogens (tertiary/aromatic N) is 3. The van der Waals surface area contributed by atoms with Crippen LogP contribution in [0.2, 0.25) is 0 Å². The molecular weight excluding hydrogens is 318 g/mol. The Labute approximate surface area is 149 Å². The molecule has 7 heteroatoms. The fourth-order valence-corrected chi connectivity index (χ4v) is 2.64. The summed E-state index contributed by atoms with van der Waals surface area (Å²) in [6.07, 6.45) is 0. The molecule has 136 valence electrons. The Hall–Kier alpha value is -2.70. The van der Waals surface area contributed by atoms with Gasteiger partial charge in [0.2, 0.25) is 0 Å². The molecule has 0 unspecified atom stereocenters. The van der Waals surface area contributed by atoms with Gasteiger partial charge in [-0.15, -0.1) is 0 Å². The van der Waals surface area contributed by atoms with Gasteiger partial charge in [0, 0.05) is 50.1 Å². The molecule has 2 aromatic rings. The normalized spacial score (nSPS) is 11.4. The van der Waals surface area contributed by atoms with E-state index in [0.29, 0.717) is 13.1 Å². The molecule has 2 rings (SSSR count). The number of guanidine groups is 1. The topological polar surface area (TPSA) is 72.7 Å². The van der Waals surface area contributed by atoms with Crippen LogP contribution in [0.25, 0.3) is 0 Å². The van der Waals surface area contributed by atoms with Crippen LogP contribution in [-0.4, -0.2) is 37.0 Å². The lowest BCUT2D eigenvalue weighted by Gasteiger charge is -2.14. The maximum absolute atomic E-state index is 5.43. The van der Waals surface area contributed by atoms with Gasteiger partial charge in [-0.25, -0.2) is 0 Å². The number of rotatable bonds is 6. The van der Waals surface area contributed by atoms with Gasteiger partial charge in [0.1, 0.15) is 11.5 Å². The minimum absolute atomic E-state index is 0.595. The number of benzene rings is 1. The van der Waals surface area contributed by atoms with Crippen LogP contribution < -0.4 is 20.1 Å². The maximum Gasteiger partial charge on any atom is 0.191 e. The highest BCUT2D eigenvalue weighted by Crippen LogP contribution is 2.24. The van der Waals surface area contributed by atoms with Gasteiger partial charge in [-0.05, 0) is 26.0 Å². The lowest BCUT2D eigenvalue weighted by molar-refractivity contribution is 0.390. The number of hydrogen-bond acceptors (Lipinski definition) is 4. The third-order valence-electron chi connectivity index (χ3n) is 4.26. The van der Waals surface area contributed by atoms with Crippen molar-refractivity contribution in [2.45, 2.75) is 26.9 Å². The monoisotopic (exact) mass is 345 g/mol. The fourth-order valence-electron chi connectivity index (χ4n) is 2.64. The fraction of sp³-hybridized carbons (Fsp3) is 0.444. The van der Waals surface area contributed by atoms with Gasteiger partial charge in [-0.1, -0.05) is 0 Å². The predicted octanol–water partition coefficient (Wildman–Crippen LogP) is 1.92. The molecule has 1 aromatic heterocycles. The molecule has 1 aromatic carbocycles. The summed E-state index contributed by atoms with van der Waals surface area (Å²) in [6.45, 7) is 5.35. The number of aryl methyl sites for hydroxylation is 2. The summed E-state index contributed by atoms with van der Waals surface area (Å²) in [4.78, 5) is 4.28. The van der Waals surface area contributed by atoms with Gasteiger partial charge >= 0.3 is 0 Å². The average molecular weight is 345 g/mol. The minimum Gasteiger partial charge on any atom is -0.497 e. The van der Waals surface area contributed by atoms with E-state index >= 15 is 0 Å². The van der Waals surface area contributed by atoms with Gasteiger partial charge < -0.3 is 20.1 Å². The van der Waals surface area contributed by atoms with E-state index in [2.05, 4.69) is 27.6 Å². The first-order valence-electron chi connectivity index (χ1n) is 8.14. The standard InChI is InChI=1S/C18H27N5O2/c1-12-16(13(2)23(4)22-12)11-21-18(19-3)20-10-14-7-8-15(24-5)9-17(14)25-6/h7-9H,10-11H2,1-6H3,(H2,19,20,21). The van der Waals surface area contributed by atoms with Crippen LogP contribution in [0.5, 0.6) is 11.5 Å². The first kappa shape index (κ1) is 18.6. The number of ether oxygens (including phenoxy) is 2. The maximum atomic E-state index is 5.43. The Balaban J connectivity index is 1.99. The van der Waals surface area contributed by atoms with Crippen molar-refractivity contribution in [1.29, 1.82) is 0 Å². The summed E-state index contributed by atoms with van der Waals surface area (Å²) >= 11 is 0. The van der Waals surface area contributed by atoms with Crippen LogP contribution in [0.1, 0.15) is 22.5 Å². The van der Waals surface area contributed by atoms with Crippen LogP contribution in [0.15, 0.2) is 23.2 Å². The summed E-state index contributed by atoms with van der Waals surface area (Å²) in [5.74, 6) is 2.27. The number of methoxy groups -OCH3 is 2. The van der Waals surface area contributed by atoms with Gasteiger partial charge in [0.05, 0.1) is 19.9 Å². The molecule has 0 radical (unpaired) electrons. The molecule has 0 amide bonds. The van der Waals surface area contributed by atoms with Gasteiger partial charge in [-0.3, -0.25) is 9.67 Å². The third kappa shape index (κ3) is 4.43. The van der Waals surface area contributed by atoms with E-state index in [1.807, 2.05) is 36.9 Å². The highest BCUT2D eigenvalue weighted by molar-refractivity contribution is 5.79. The summed E-state index contributed by atoms with van der Waals surface area (Å²) in [5.41, 5.74) is 4.39. The van der Waals surface area contributed by atoms with Crippen molar-refractivity contribution in [1.82, 2.24) is 20.4 Å². The van der Waals surface area contributed by atoms with Crippen LogP contribution in [0, 0.1) is 13.8 Å². The summed E-state index contributed by atoms with van der Waals surface area (Å²) < 4.78 is 12.5. The van der Waals surface area contributed by atoms with E-state index in [9.17, 15) is 0 Å². The van der Waals surface area contributed by atoms with Gasteiger partial charge in [0.15, 0.2) is 5.96 Å². The minimum atomic E-state index is 0.595. The molecule has 0 spiro atoms. The van der Waals surface area contributed by atoms with Crippen LogP contribution in [-0.2, 0) is 20.1 Å². The summed E-state index contributed by atoms with van der Waals surface area (Å²) in [5, 5.41) is 11.1. The van der Waals surface area contributed by atoms with Crippen molar-refractivity contribution in [3.8, 4) is 11.5 Å². The zero-order chi connectivity index (χ0) is 18.4. The molecule has 0 bridgehead atoms. The molecule has 0 fully saturated rings. The Morgan fingerprint density at radius 2 is 1.88 bits per heavy atom. The highest BCUT2D eigenvalue weighted by atomic mass is 16.5. The molecule has 25 heavy (non-hydrogen) atoms. The Morgan fingerprint density at radius 1 is 1.16 bits per heavy atom. The number of aliphatic imine (C=N–C) groups is 1. The van der Waals surface area contributed by atoms with Crippen molar-refractivity contribution in [2.24, 2.45) is 12.0 Å². The Bertz CT molecular complexity index is 752. The van der Waals surface area contributed by atoms with Crippen molar-refractivity contribution >= 4 is 5.96 Å². The smallest absolute Gasteiger partial charge is 0.191 e. The van der Waals surface area contributed by atoms with Crippen LogP contribution >= 0.6 is 0 Å². The second-order valence-electron chi connectivity index (χ2n) is 5.73.